The summed E-state index contributed by atoms with van der Waals surface area (Å²) in [6.07, 6.45) is 1.24. The Morgan fingerprint density at radius 2 is 1.59 bits per heavy atom. The van der Waals surface area contributed by atoms with Crippen LogP contribution in [0.25, 0.3) is 0 Å². The molecule has 0 aliphatic heterocycles. The fourth-order valence-electron chi connectivity index (χ4n) is 2.42. The SMILES string of the molecule is Cc1cccc(C(CC(C)(C)C)C(C)(C)C)c1. The van der Waals surface area contributed by atoms with E-state index in [2.05, 4.69) is 72.7 Å². The third kappa shape index (κ3) is 4.53. The second-order valence-electron chi connectivity index (χ2n) is 7.60. The highest BCUT2D eigenvalue weighted by Gasteiger charge is 2.30. The van der Waals surface area contributed by atoms with E-state index in [0.29, 0.717) is 16.7 Å². The van der Waals surface area contributed by atoms with Crippen LogP contribution in [0.1, 0.15) is 65.0 Å². The van der Waals surface area contributed by atoms with Gasteiger partial charge in [0, 0.05) is 0 Å². The minimum absolute atomic E-state index is 0.321. The Hall–Kier alpha value is -0.780. The van der Waals surface area contributed by atoms with Crippen molar-refractivity contribution < 1.29 is 0 Å². The average molecular weight is 232 g/mol. The quantitative estimate of drug-likeness (QED) is 0.626. The van der Waals surface area contributed by atoms with Crippen molar-refractivity contribution in [2.75, 3.05) is 0 Å². The highest BCUT2D eigenvalue weighted by atomic mass is 14.3. The van der Waals surface area contributed by atoms with Crippen LogP contribution in [0.3, 0.4) is 0 Å². The molecule has 0 saturated heterocycles. The van der Waals surface area contributed by atoms with Gasteiger partial charge in [-0.3, -0.25) is 0 Å². The minimum atomic E-state index is 0.321. The van der Waals surface area contributed by atoms with Crippen LogP contribution >= 0.6 is 0 Å². The average Bonchev–Trinajstić information content (AvgIpc) is 2.11. The summed E-state index contributed by atoms with van der Waals surface area (Å²) in [5.41, 5.74) is 3.56. The van der Waals surface area contributed by atoms with Crippen LogP contribution in [0.4, 0.5) is 0 Å². The summed E-state index contributed by atoms with van der Waals surface area (Å²) in [6, 6.07) is 9.00. The topological polar surface area (TPSA) is 0 Å². The van der Waals surface area contributed by atoms with Crippen molar-refractivity contribution in [3.63, 3.8) is 0 Å². The molecule has 0 bridgehead atoms. The van der Waals surface area contributed by atoms with Gasteiger partial charge in [-0.05, 0) is 35.7 Å². The van der Waals surface area contributed by atoms with Crippen molar-refractivity contribution in [3.05, 3.63) is 35.4 Å². The van der Waals surface area contributed by atoms with Gasteiger partial charge in [-0.1, -0.05) is 71.4 Å². The summed E-state index contributed by atoms with van der Waals surface area (Å²) in [4.78, 5) is 0. The third-order valence-electron chi connectivity index (χ3n) is 3.31. The summed E-state index contributed by atoms with van der Waals surface area (Å²) in [5, 5.41) is 0. The van der Waals surface area contributed by atoms with Gasteiger partial charge in [0.25, 0.3) is 0 Å². The lowest BCUT2D eigenvalue weighted by atomic mass is 9.69. The second kappa shape index (κ2) is 4.84. The van der Waals surface area contributed by atoms with E-state index in [-0.39, 0.29) is 0 Å². The molecule has 96 valence electrons. The smallest absolute Gasteiger partial charge is 0.0108 e. The summed E-state index contributed by atoms with van der Waals surface area (Å²) in [7, 11) is 0. The highest BCUT2D eigenvalue weighted by molar-refractivity contribution is 5.27. The predicted octanol–water partition coefficient (Wildman–Crippen LogP) is 5.56. The molecule has 1 aromatic carbocycles. The molecule has 0 spiro atoms. The Morgan fingerprint density at radius 1 is 1.00 bits per heavy atom. The molecule has 1 rings (SSSR count). The van der Waals surface area contributed by atoms with Gasteiger partial charge in [-0.15, -0.1) is 0 Å². The first-order valence-electron chi connectivity index (χ1n) is 6.66. The van der Waals surface area contributed by atoms with E-state index < -0.39 is 0 Å². The van der Waals surface area contributed by atoms with Crippen molar-refractivity contribution in [2.45, 2.75) is 60.8 Å². The molecule has 0 heteroatoms. The van der Waals surface area contributed by atoms with E-state index in [4.69, 9.17) is 0 Å². The van der Waals surface area contributed by atoms with Gasteiger partial charge in [0.15, 0.2) is 0 Å². The number of rotatable bonds is 2. The summed E-state index contributed by atoms with van der Waals surface area (Å²) in [6.45, 7) is 16.2. The molecule has 1 aromatic rings. The van der Waals surface area contributed by atoms with Crippen molar-refractivity contribution >= 4 is 0 Å². The van der Waals surface area contributed by atoms with Crippen LogP contribution in [-0.2, 0) is 0 Å². The molecule has 0 amide bonds. The lowest BCUT2D eigenvalue weighted by Gasteiger charge is -2.36. The zero-order chi connectivity index (χ0) is 13.3. The third-order valence-corrected chi connectivity index (χ3v) is 3.31. The van der Waals surface area contributed by atoms with Gasteiger partial charge < -0.3 is 0 Å². The fourth-order valence-corrected chi connectivity index (χ4v) is 2.42. The van der Waals surface area contributed by atoms with Crippen LogP contribution < -0.4 is 0 Å². The number of benzene rings is 1. The lowest BCUT2D eigenvalue weighted by Crippen LogP contribution is -2.23. The first kappa shape index (κ1) is 14.3. The fraction of sp³-hybridized carbons (Fsp3) is 0.647. The molecule has 0 fully saturated rings. The normalized spacial score (nSPS) is 14.8. The maximum atomic E-state index is 2.35. The zero-order valence-corrected chi connectivity index (χ0v) is 12.6. The van der Waals surface area contributed by atoms with Gasteiger partial charge in [0.2, 0.25) is 0 Å². The summed E-state index contributed by atoms with van der Waals surface area (Å²) in [5.74, 6) is 0.627. The van der Waals surface area contributed by atoms with E-state index in [1.165, 1.54) is 17.5 Å². The maximum absolute atomic E-state index is 2.35. The van der Waals surface area contributed by atoms with Crippen molar-refractivity contribution in [1.29, 1.82) is 0 Å². The maximum Gasteiger partial charge on any atom is -0.0108 e. The number of hydrogen-bond donors (Lipinski definition) is 0. The number of aryl methyl sites for hydroxylation is 1. The molecule has 0 radical (unpaired) electrons. The second-order valence-corrected chi connectivity index (χ2v) is 7.60. The largest absolute Gasteiger partial charge is 0.0617 e. The Labute approximate surface area is 107 Å². The van der Waals surface area contributed by atoms with Crippen LogP contribution in [0.15, 0.2) is 24.3 Å². The Bertz CT molecular complexity index is 360. The molecule has 0 aliphatic carbocycles. The van der Waals surface area contributed by atoms with Crippen LogP contribution in [0, 0.1) is 17.8 Å². The van der Waals surface area contributed by atoms with Crippen molar-refractivity contribution in [3.8, 4) is 0 Å². The molecule has 0 aromatic heterocycles. The van der Waals surface area contributed by atoms with Crippen LogP contribution in [-0.4, -0.2) is 0 Å². The van der Waals surface area contributed by atoms with E-state index in [1.54, 1.807) is 0 Å². The van der Waals surface area contributed by atoms with E-state index in [1.807, 2.05) is 0 Å². The monoisotopic (exact) mass is 232 g/mol. The lowest BCUT2D eigenvalue weighted by molar-refractivity contribution is 0.229. The Kier molecular flexibility index (Phi) is 4.06. The summed E-state index contributed by atoms with van der Waals surface area (Å²) >= 11 is 0. The van der Waals surface area contributed by atoms with Gasteiger partial charge >= 0.3 is 0 Å². The zero-order valence-electron chi connectivity index (χ0n) is 12.6. The molecule has 0 N–H and O–H groups in total. The van der Waals surface area contributed by atoms with Crippen molar-refractivity contribution in [1.82, 2.24) is 0 Å². The number of hydrogen-bond acceptors (Lipinski definition) is 0. The molecule has 0 nitrogen and oxygen atoms in total. The minimum Gasteiger partial charge on any atom is -0.0617 e. The Morgan fingerprint density at radius 3 is 2.00 bits per heavy atom. The van der Waals surface area contributed by atoms with Gasteiger partial charge in [-0.2, -0.15) is 0 Å². The van der Waals surface area contributed by atoms with E-state index >= 15 is 0 Å². The van der Waals surface area contributed by atoms with Gasteiger partial charge in [0.05, 0.1) is 0 Å². The van der Waals surface area contributed by atoms with Gasteiger partial charge in [-0.25, -0.2) is 0 Å². The van der Waals surface area contributed by atoms with E-state index in [0.717, 1.165) is 0 Å². The highest BCUT2D eigenvalue weighted by Crippen LogP contribution is 2.43. The predicted molar refractivity (Wildman–Crippen MR) is 77.4 cm³/mol. The summed E-state index contributed by atoms with van der Waals surface area (Å²) < 4.78 is 0. The van der Waals surface area contributed by atoms with Crippen LogP contribution in [0.2, 0.25) is 0 Å². The van der Waals surface area contributed by atoms with Gasteiger partial charge in [0.1, 0.15) is 0 Å². The molecule has 0 heterocycles. The molecular formula is C17H28. The molecule has 17 heavy (non-hydrogen) atoms. The molecule has 1 unspecified atom stereocenters. The molecule has 1 atom stereocenters. The molecule has 0 aliphatic rings. The van der Waals surface area contributed by atoms with Crippen molar-refractivity contribution in [2.24, 2.45) is 10.8 Å². The first-order valence-corrected chi connectivity index (χ1v) is 6.66. The van der Waals surface area contributed by atoms with Crippen LogP contribution in [0.5, 0.6) is 0 Å². The molecular weight excluding hydrogens is 204 g/mol. The molecule has 0 saturated carbocycles. The Balaban J connectivity index is 3.07. The standard InChI is InChI=1S/C17H28/c1-13-9-8-10-14(11-13)15(17(5,6)7)12-16(2,3)4/h8-11,15H,12H2,1-7H3. The van der Waals surface area contributed by atoms with E-state index in [9.17, 15) is 0 Å². The first-order chi connectivity index (χ1) is 7.59.